The van der Waals surface area contributed by atoms with Gasteiger partial charge in [-0.15, -0.1) is 0 Å². The van der Waals surface area contributed by atoms with Crippen molar-refractivity contribution in [2.75, 3.05) is 64.8 Å². The van der Waals surface area contributed by atoms with Gasteiger partial charge < -0.3 is 29.9 Å². The van der Waals surface area contributed by atoms with E-state index in [1.54, 1.807) is 18.8 Å². The van der Waals surface area contributed by atoms with Crippen molar-refractivity contribution in [2.24, 2.45) is 11.8 Å². The standard InChI is InChI=1S/C37H50BBrN6O7/c1-51-41-33(46)23-42-13-6-25(7-14-42)26-8-15-43(16-9-26)35(48)32(22-24-20-29(38)34(47)30(39)21-24)52-37(50)44-17-11-28(12-18-44)45-19-10-27-4-2-3-5-31(27)40-36(45)49/h2-5,20-21,25-26,28,32,47H,6-19,22-23,38H2,1H3,(H,40,49)(H,41,46)/t32-/m1/s1. The van der Waals surface area contributed by atoms with Gasteiger partial charge in [-0.3, -0.25) is 19.3 Å². The topological polar surface area (TPSA) is 144 Å². The van der Waals surface area contributed by atoms with Crippen molar-refractivity contribution >= 4 is 58.9 Å². The molecule has 13 nitrogen and oxygen atoms in total. The summed E-state index contributed by atoms with van der Waals surface area (Å²) in [7, 11) is 3.23. The zero-order valence-electron chi connectivity index (χ0n) is 30.2. The molecule has 2 aromatic rings. The molecule has 0 saturated carbocycles. The minimum absolute atomic E-state index is 0.00296. The van der Waals surface area contributed by atoms with E-state index in [4.69, 9.17) is 9.57 Å². The smallest absolute Gasteiger partial charge is 0.410 e. The maximum absolute atomic E-state index is 14.1. The lowest BCUT2D eigenvalue weighted by Crippen LogP contribution is -2.52. The second kappa shape index (κ2) is 17.3. The van der Waals surface area contributed by atoms with Crippen LogP contribution in [0, 0.1) is 11.8 Å². The van der Waals surface area contributed by atoms with Crippen LogP contribution in [0.25, 0.3) is 0 Å². The number of benzene rings is 2. The van der Waals surface area contributed by atoms with Gasteiger partial charge in [0.2, 0.25) is 0 Å². The van der Waals surface area contributed by atoms with Crippen molar-refractivity contribution in [3.8, 4) is 5.75 Å². The van der Waals surface area contributed by atoms with Crippen LogP contribution in [0.2, 0.25) is 0 Å². The summed E-state index contributed by atoms with van der Waals surface area (Å²) < 4.78 is 6.59. The molecule has 6 rings (SSSR count). The molecule has 2 aromatic carbocycles. The minimum atomic E-state index is -1.02. The van der Waals surface area contributed by atoms with Crippen LogP contribution in [-0.2, 0) is 32.0 Å². The molecule has 4 aliphatic rings. The van der Waals surface area contributed by atoms with Gasteiger partial charge in [-0.2, -0.15) is 0 Å². The average Bonchev–Trinajstić information content (AvgIpc) is 3.31. The minimum Gasteiger partial charge on any atom is -0.507 e. The van der Waals surface area contributed by atoms with Crippen LogP contribution in [0.15, 0.2) is 40.9 Å². The van der Waals surface area contributed by atoms with E-state index in [9.17, 15) is 24.3 Å². The Hall–Kier alpha value is -3.82. The Labute approximate surface area is 314 Å². The number of likely N-dealkylation sites (tertiary alicyclic amines) is 3. The van der Waals surface area contributed by atoms with Gasteiger partial charge in [0.25, 0.3) is 11.8 Å². The summed E-state index contributed by atoms with van der Waals surface area (Å²) in [5.74, 6) is 0.833. The first-order valence-corrected chi connectivity index (χ1v) is 19.3. The summed E-state index contributed by atoms with van der Waals surface area (Å²) >= 11 is 3.41. The number of phenols is 1. The molecule has 1 atom stereocenters. The van der Waals surface area contributed by atoms with Gasteiger partial charge in [0, 0.05) is 50.9 Å². The summed E-state index contributed by atoms with van der Waals surface area (Å²) in [6.45, 7) is 4.69. The predicted molar refractivity (Wildman–Crippen MR) is 202 cm³/mol. The normalized spacial score (nSPS) is 20.1. The molecule has 3 fully saturated rings. The summed E-state index contributed by atoms with van der Waals surface area (Å²) in [6, 6.07) is 11.3. The molecule has 15 heteroatoms. The summed E-state index contributed by atoms with van der Waals surface area (Å²) in [4.78, 5) is 65.1. The second-order valence-corrected chi connectivity index (χ2v) is 15.4. The van der Waals surface area contributed by atoms with Crippen LogP contribution in [0.1, 0.15) is 49.7 Å². The number of carbonyl (C=O) groups excluding carboxylic acids is 4. The number of hydrogen-bond donors (Lipinski definition) is 3. The van der Waals surface area contributed by atoms with Crippen molar-refractivity contribution in [2.45, 2.75) is 63.5 Å². The van der Waals surface area contributed by atoms with Crippen molar-refractivity contribution in [3.05, 3.63) is 52.0 Å². The quantitative estimate of drug-likeness (QED) is 0.261. The number of amides is 5. The van der Waals surface area contributed by atoms with Crippen molar-refractivity contribution in [3.63, 3.8) is 0 Å². The predicted octanol–water partition coefficient (Wildman–Crippen LogP) is 2.64. The fourth-order valence-electron chi connectivity index (χ4n) is 8.34. The van der Waals surface area contributed by atoms with Crippen LogP contribution in [0.3, 0.4) is 0 Å². The first kappa shape index (κ1) is 37.9. The van der Waals surface area contributed by atoms with Crippen LogP contribution < -0.4 is 16.3 Å². The highest BCUT2D eigenvalue weighted by molar-refractivity contribution is 9.10. The highest BCUT2D eigenvalue weighted by Gasteiger charge is 2.37. The van der Waals surface area contributed by atoms with E-state index in [0.717, 1.165) is 62.0 Å². The largest absolute Gasteiger partial charge is 0.507 e. The van der Waals surface area contributed by atoms with Gasteiger partial charge in [-0.05, 0) is 115 Å². The van der Waals surface area contributed by atoms with E-state index in [-0.39, 0.29) is 36.1 Å². The third-order valence-corrected chi connectivity index (χ3v) is 11.9. The molecule has 4 aliphatic heterocycles. The zero-order chi connectivity index (χ0) is 36.8. The summed E-state index contributed by atoms with van der Waals surface area (Å²) in [6.07, 6.45) is 4.44. The molecule has 3 N–H and O–H groups in total. The monoisotopic (exact) mass is 780 g/mol. The molecule has 5 amide bonds. The molecule has 0 spiro atoms. The number of halogens is 1. The molecular weight excluding hydrogens is 731 g/mol. The number of piperidine rings is 3. The number of nitrogens with zero attached hydrogens (tertiary/aromatic N) is 4. The van der Waals surface area contributed by atoms with Gasteiger partial charge >= 0.3 is 12.1 Å². The highest BCUT2D eigenvalue weighted by atomic mass is 79.9. The van der Waals surface area contributed by atoms with Crippen LogP contribution in [0.5, 0.6) is 5.75 Å². The van der Waals surface area contributed by atoms with E-state index >= 15 is 0 Å². The van der Waals surface area contributed by atoms with Crippen molar-refractivity contribution < 1.29 is 33.9 Å². The average molecular weight is 782 g/mol. The van der Waals surface area contributed by atoms with Crippen molar-refractivity contribution in [1.29, 1.82) is 0 Å². The SMILES string of the molecule is Bc1cc(C[C@@H](OC(=O)N2CCC(N3CCc4ccccc4NC3=O)CC2)C(=O)N2CCC(C3CCN(CC(=O)NOC)CC3)CC2)cc(Br)c1O. The fraction of sp³-hybridized carbons (Fsp3) is 0.568. The third kappa shape index (κ3) is 9.21. The van der Waals surface area contributed by atoms with Crippen molar-refractivity contribution in [1.82, 2.24) is 25.1 Å². The lowest BCUT2D eigenvalue weighted by atomic mass is 9.78. The lowest BCUT2D eigenvalue weighted by Gasteiger charge is -2.41. The molecule has 0 radical (unpaired) electrons. The number of ether oxygens (including phenoxy) is 1. The van der Waals surface area contributed by atoms with E-state index in [1.165, 1.54) is 7.11 Å². The summed E-state index contributed by atoms with van der Waals surface area (Å²) in [5.41, 5.74) is 5.78. The second-order valence-electron chi connectivity index (χ2n) is 14.6. The van der Waals surface area contributed by atoms with Gasteiger partial charge in [0.05, 0.1) is 18.1 Å². The number of aromatic hydroxyl groups is 1. The first-order chi connectivity index (χ1) is 25.1. The van der Waals surface area contributed by atoms with Gasteiger partial charge in [-0.25, -0.2) is 15.1 Å². The number of hydrogen-bond acceptors (Lipinski definition) is 8. The fourth-order valence-corrected chi connectivity index (χ4v) is 8.95. The molecule has 0 aromatic heterocycles. The molecule has 0 bridgehead atoms. The van der Waals surface area contributed by atoms with E-state index < -0.39 is 12.2 Å². The highest BCUT2D eigenvalue weighted by Crippen LogP contribution is 2.33. The van der Waals surface area contributed by atoms with E-state index in [0.29, 0.717) is 73.9 Å². The summed E-state index contributed by atoms with van der Waals surface area (Å²) in [5, 5.41) is 13.4. The lowest BCUT2D eigenvalue weighted by molar-refractivity contribution is -0.142. The van der Waals surface area contributed by atoms with Crippen LogP contribution >= 0.6 is 15.9 Å². The number of nitrogens with one attached hydrogen (secondary N) is 2. The Kier molecular flexibility index (Phi) is 12.6. The molecular formula is C37H50BBrN6O7. The number of hydroxylamine groups is 1. The first-order valence-electron chi connectivity index (χ1n) is 18.5. The van der Waals surface area contributed by atoms with E-state index in [1.807, 2.05) is 40.1 Å². The number of urea groups is 1. The Balaban J connectivity index is 1.05. The number of anilines is 1. The number of rotatable bonds is 9. The molecule has 3 saturated heterocycles. The third-order valence-electron chi connectivity index (χ3n) is 11.3. The zero-order valence-corrected chi connectivity index (χ0v) is 31.7. The van der Waals surface area contributed by atoms with Gasteiger partial charge in [0.1, 0.15) is 13.6 Å². The van der Waals surface area contributed by atoms with Gasteiger partial charge in [0.15, 0.2) is 6.10 Å². The Morgan fingerprint density at radius 1 is 0.962 bits per heavy atom. The number of para-hydroxylation sites is 1. The Morgan fingerprint density at radius 3 is 2.29 bits per heavy atom. The number of phenolic OH excluding ortho intramolecular Hbond substituents is 1. The Morgan fingerprint density at radius 2 is 1.62 bits per heavy atom. The van der Waals surface area contributed by atoms with Crippen LogP contribution in [-0.4, -0.2) is 128 Å². The maximum atomic E-state index is 14.1. The molecule has 0 unspecified atom stereocenters. The number of fused-ring (bicyclic) bond motifs is 1. The Bertz CT molecular complexity index is 1590. The van der Waals surface area contributed by atoms with Crippen LogP contribution in [0.4, 0.5) is 15.3 Å². The maximum Gasteiger partial charge on any atom is 0.410 e. The molecule has 0 aliphatic carbocycles. The molecule has 4 heterocycles. The van der Waals surface area contributed by atoms with Gasteiger partial charge in [-0.1, -0.05) is 24.3 Å². The molecule has 280 valence electrons. The number of carbonyl (C=O) groups is 4. The molecule has 52 heavy (non-hydrogen) atoms. The van der Waals surface area contributed by atoms with E-state index in [2.05, 4.69) is 31.6 Å².